The summed E-state index contributed by atoms with van der Waals surface area (Å²) in [6.07, 6.45) is 4.59. The molecule has 0 radical (unpaired) electrons. The SMILES string of the molecule is CCCNC1CCC(O)(Cc2cc(F)cc(F)c2)CC1. The smallest absolute Gasteiger partial charge is 0.126 e. The zero-order chi connectivity index (χ0) is 14.6. The number of hydrogen-bond donors (Lipinski definition) is 2. The van der Waals surface area contributed by atoms with Crippen molar-refractivity contribution in [3.05, 3.63) is 35.4 Å². The Morgan fingerprint density at radius 1 is 1.20 bits per heavy atom. The predicted molar refractivity (Wildman–Crippen MR) is 75.6 cm³/mol. The van der Waals surface area contributed by atoms with Gasteiger partial charge in [0.1, 0.15) is 11.6 Å². The lowest BCUT2D eigenvalue weighted by Gasteiger charge is -2.36. The molecule has 1 saturated carbocycles. The highest BCUT2D eigenvalue weighted by Crippen LogP contribution is 2.31. The van der Waals surface area contributed by atoms with Gasteiger partial charge in [0.15, 0.2) is 0 Å². The minimum Gasteiger partial charge on any atom is -0.390 e. The Morgan fingerprint density at radius 2 is 1.80 bits per heavy atom. The van der Waals surface area contributed by atoms with Gasteiger partial charge in [-0.1, -0.05) is 6.92 Å². The first-order valence-electron chi connectivity index (χ1n) is 7.41. The maximum atomic E-state index is 13.2. The van der Waals surface area contributed by atoms with Gasteiger partial charge in [-0.05, 0) is 56.3 Å². The Morgan fingerprint density at radius 3 is 2.35 bits per heavy atom. The molecule has 0 amide bonds. The Bertz CT molecular complexity index is 422. The molecule has 2 nitrogen and oxygen atoms in total. The van der Waals surface area contributed by atoms with Crippen molar-refractivity contribution >= 4 is 0 Å². The fourth-order valence-corrected chi connectivity index (χ4v) is 2.98. The van der Waals surface area contributed by atoms with E-state index in [9.17, 15) is 13.9 Å². The van der Waals surface area contributed by atoms with Crippen molar-refractivity contribution in [1.82, 2.24) is 5.32 Å². The van der Waals surface area contributed by atoms with Gasteiger partial charge in [0, 0.05) is 18.5 Å². The molecule has 20 heavy (non-hydrogen) atoms. The Labute approximate surface area is 119 Å². The quantitative estimate of drug-likeness (QED) is 0.870. The van der Waals surface area contributed by atoms with E-state index in [0.717, 1.165) is 31.9 Å². The summed E-state index contributed by atoms with van der Waals surface area (Å²) in [6, 6.07) is 3.93. The lowest BCUT2D eigenvalue weighted by Crippen LogP contribution is -2.42. The highest BCUT2D eigenvalue weighted by molar-refractivity contribution is 5.20. The zero-order valence-electron chi connectivity index (χ0n) is 12.0. The van der Waals surface area contributed by atoms with Crippen LogP contribution in [0, 0.1) is 11.6 Å². The van der Waals surface area contributed by atoms with Crippen LogP contribution in [0.2, 0.25) is 0 Å². The first-order chi connectivity index (χ1) is 9.50. The van der Waals surface area contributed by atoms with Crippen LogP contribution in [0.1, 0.15) is 44.6 Å². The third-order valence-electron chi connectivity index (χ3n) is 4.05. The Hall–Kier alpha value is -1.00. The van der Waals surface area contributed by atoms with Gasteiger partial charge >= 0.3 is 0 Å². The molecule has 1 aliphatic carbocycles. The second-order valence-electron chi connectivity index (χ2n) is 5.91. The van der Waals surface area contributed by atoms with Crippen molar-refractivity contribution in [2.24, 2.45) is 0 Å². The number of rotatable bonds is 5. The fourth-order valence-electron chi connectivity index (χ4n) is 2.98. The van der Waals surface area contributed by atoms with Gasteiger partial charge in [-0.15, -0.1) is 0 Å². The van der Waals surface area contributed by atoms with Gasteiger partial charge in [0.25, 0.3) is 0 Å². The van der Waals surface area contributed by atoms with Gasteiger partial charge in [-0.3, -0.25) is 0 Å². The summed E-state index contributed by atoms with van der Waals surface area (Å²) in [5, 5.41) is 14.0. The topological polar surface area (TPSA) is 32.3 Å². The maximum absolute atomic E-state index is 13.2. The van der Waals surface area contributed by atoms with Crippen LogP contribution in [0.15, 0.2) is 18.2 Å². The van der Waals surface area contributed by atoms with E-state index in [1.54, 1.807) is 0 Å². The fraction of sp³-hybridized carbons (Fsp3) is 0.625. The minimum atomic E-state index is -0.829. The van der Waals surface area contributed by atoms with Crippen LogP contribution in [-0.2, 0) is 6.42 Å². The molecule has 112 valence electrons. The second-order valence-corrected chi connectivity index (χ2v) is 5.91. The normalized spacial score (nSPS) is 26.7. The van der Waals surface area contributed by atoms with E-state index < -0.39 is 17.2 Å². The molecule has 0 spiro atoms. The van der Waals surface area contributed by atoms with Gasteiger partial charge in [0.2, 0.25) is 0 Å². The summed E-state index contributed by atoms with van der Waals surface area (Å²) in [5.74, 6) is -1.16. The van der Waals surface area contributed by atoms with Gasteiger partial charge < -0.3 is 10.4 Å². The average molecular weight is 283 g/mol. The highest BCUT2D eigenvalue weighted by Gasteiger charge is 2.33. The summed E-state index contributed by atoms with van der Waals surface area (Å²) < 4.78 is 26.4. The van der Waals surface area contributed by atoms with Crippen molar-refractivity contribution in [3.8, 4) is 0 Å². The minimum absolute atomic E-state index is 0.322. The van der Waals surface area contributed by atoms with E-state index in [1.165, 1.54) is 12.1 Å². The average Bonchev–Trinajstić information content (AvgIpc) is 2.36. The molecule has 0 atom stereocenters. The second kappa shape index (κ2) is 6.64. The lowest BCUT2D eigenvalue weighted by atomic mass is 9.78. The molecule has 2 rings (SSSR count). The highest BCUT2D eigenvalue weighted by atomic mass is 19.1. The molecule has 4 heteroatoms. The first-order valence-corrected chi connectivity index (χ1v) is 7.41. The summed E-state index contributed by atoms with van der Waals surface area (Å²) in [4.78, 5) is 0. The number of halogens is 2. The predicted octanol–water partition coefficient (Wildman–Crippen LogP) is 3.18. The molecule has 0 bridgehead atoms. The largest absolute Gasteiger partial charge is 0.390 e. The third-order valence-corrected chi connectivity index (χ3v) is 4.05. The number of aliphatic hydroxyl groups is 1. The molecule has 1 fully saturated rings. The van der Waals surface area contributed by atoms with E-state index in [2.05, 4.69) is 12.2 Å². The van der Waals surface area contributed by atoms with Crippen molar-refractivity contribution < 1.29 is 13.9 Å². The van der Waals surface area contributed by atoms with Crippen molar-refractivity contribution in [3.63, 3.8) is 0 Å². The van der Waals surface area contributed by atoms with Crippen molar-refractivity contribution in [2.45, 2.75) is 57.1 Å². The number of benzene rings is 1. The molecule has 1 aliphatic rings. The molecule has 0 heterocycles. The zero-order valence-corrected chi connectivity index (χ0v) is 12.0. The Balaban J connectivity index is 1.92. The standard InChI is InChI=1S/C16H23F2NO/c1-2-7-19-15-3-5-16(20,6-4-15)11-12-8-13(17)10-14(18)9-12/h8-10,15,19-20H,2-7,11H2,1H3. The number of hydrogen-bond acceptors (Lipinski definition) is 2. The van der Waals surface area contributed by atoms with Crippen LogP contribution in [0.5, 0.6) is 0 Å². The molecule has 1 aromatic rings. The molecule has 0 saturated heterocycles. The molecule has 0 unspecified atom stereocenters. The van der Waals surface area contributed by atoms with Crippen LogP contribution in [0.25, 0.3) is 0 Å². The summed E-state index contributed by atoms with van der Waals surface area (Å²) in [6.45, 7) is 3.13. The van der Waals surface area contributed by atoms with Crippen LogP contribution in [0.3, 0.4) is 0 Å². The van der Waals surface area contributed by atoms with Gasteiger partial charge in [0.05, 0.1) is 5.60 Å². The van der Waals surface area contributed by atoms with Gasteiger partial charge in [-0.2, -0.15) is 0 Å². The van der Waals surface area contributed by atoms with Crippen molar-refractivity contribution in [1.29, 1.82) is 0 Å². The molecule has 1 aromatic carbocycles. The van der Waals surface area contributed by atoms with E-state index >= 15 is 0 Å². The van der Waals surface area contributed by atoms with E-state index in [4.69, 9.17) is 0 Å². The lowest BCUT2D eigenvalue weighted by molar-refractivity contribution is -0.00314. The molecule has 0 aliphatic heterocycles. The van der Waals surface area contributed by atoms with E-state index in [1.807, 2.05) is 0 Å². The van der Waals surface area contributed by atoms with Crippen LogP contribution in [-0.4, -0.2) is 23.3 Å². The Kier molecular flexibility index (Phi) is 5.11. The summed E-state index contributed by atoms with van der Waals surface area (Å²) >= 11 is 0. The molecular weight excluding hydrogens is 260 g/mol. The van der Waals surface area contributed by atoms with Crippen LogP contribution < -0.4 is 5.32 Å². The molecule has 2 N–H and O–H groups in total. The van der Waals surface area contributed by atoms with Crippen LogP contribution >= 0.6 is 0 Å². The van der Waals surface area contributed by atoms with Crippen LogP contribution in [0.4, 0.5) is 8.78 Å². The summed E-state index contributed by atoms with van der Waals surface area (Å²) in [7, 11) is 0. The van der Waals surface area contributed by atoms with E-state index in [-0.39, 0.29) is 0 Å². The van der Waals surface area contributed by atoms with E-state index in [0.29, 0.717) is 30.9 Å². The third kappa shape index (κ3) is 4.25. The van der Waals surface area contributed by atoms with Gasteiger partial charge in [-0.25, -0.2) is 8.78 Å². The first kappa shape index (κ1) is 15.4. The monoisotopic (exact) mass is 283 g/mol. The number of nitrogens with one attached hydrogen (secondary N) is 1. The summed E-state index contributed by atoms with van der Waals surface area (Å²) in [5.41, 5.74) is -0.296. The molecular formula is C16H23F2NO. The maximum Gasteiger partial charge on any atom is 0.126 e. The van der Waals surface area contributed by atoms with Crippen molar-refractivity contribution in [2.75, 3.05) is 6.54 Å². The molecule has 0 aromatic heterocycles.